The number of rotatable bonds is 3. The lowest BCUT2D eigenvalue weighted by atomic mass is 10.0. The van der Waals surface area contributed by atoms with Gasteiger partial charge in [0, 0.05) is 19.1 Å². The number of halogens is 1. The van der Waals surface area contributed by atoms with Crippen LogP contribution >= 0.6 is 0 Å². The second-order valence-electron chi connectivity index (χ2n) is 4.87. The molecule has 0 spiro atoms. The molecule has 0 saturated carbocycles. The van der Waals surface area contributed by atoms with Crippen molar-refractivity contribution >= 4 is 11.6 Å². The second kappa shape index (κ2) is 5.57. The number of para-hydroxylation sites is 1. The zero-order valence-corrected chi connectivity index (χ0v) is 11.3. The van der Waals surface area contributed by atoms with Crippen molar-refractivity contribution in [1.82, 2.24) is 5.32 Å². The summed E-state index contributed by atoms with van der Waals surface area (Å²) in [7, 11) is 0. The minimum Gasteiger partial charge on any atom is -0.355 e. The van der Waals surface area contributed by atoms with Crippen LogP contribution < -0.4 is 16.0 Å². The topological polar surface area (TPSA) is 58.4 Å². The molecule has 1 saturated heterocycles. The number of nitrogens with two attached hydrogens (primary N) is 1. The van der Waals surface area contributed by atoms with E-state index in [0.717, 1.165) is 5.56 Å². The van der Waals surface area contributed by atoms with Gasteiger partial charge in [0.2, 0.25) is 5.91 Å². The van der Waals surface area contributed by atoms with Gasteiger partial charge in [0.05, 0.1) is 5.69 Å². The van der Waals surface area contributed by atoms with E-state index in [1.807, 2.05) is 24.8 Å². The van der Waals surface area contributed by atoms with E-state index < -0.39 is 0 Å². The second-order valence-corrected chi connectivity index (χ2v) is 4.87. The summed E-state index contributed by atoms with van der Waals surface area (Å²) in [4.78, 5) is 13.7. The van der Waals surface area contributed by atoms with Gasteiger partial charge in [0.1, 0.15) is 11.9 Å². The Kier molecular flexibility index (Phi) is 4.04. The van der Waals surface area contributed by atoms with E-state index in [2.05, 4.69) is 5.32 Å². The summed E-state index contributed by atoms with van der Waals surface area (Å²) >= 11 is 0. The van der Waals surface area contributed by atoms with Crippen LogP contribution in [0.15, 0.2) is 18.2 Å². The van der Waals surface area contributed by atoms with Crippen molar-refractivity contribution in [1.29, 1.82) is 0 Å². The fraction of sp³-hybridized carbons (Fsp3) is 0.500. The van der Waals surface area contributed by atoms with Crippen LogP contribution in [0.25, 0.3) is 0 Å². The number of piperazine rings is 1. The quantitative estimate of drug-likeness (QED) is 0.872. The molecule has 104 valence electrons. The van der Waals surface area contributed by atoms with Crippen molar-refractivity contribution in [2.24, 2.45) is 5.73 Å². The predicted octanol–water partition coefficient (Wildman–Crippen LogP) is 1.56. The van der Waals surface area contributed by atoms with Gasteiger partial charge in [0.25, 0.3) is 0 Å². The highest BCUT2D eigenvalue weighted by atomic mass is 19.1. The molecular formula is C14H20FN3O. The zero-order chi connectivity index (χ0) is 14.0. The van der Waals surface area contributed by atoms with Crippen LogP contribution in [0.1, 0.15) is 31.9 Å². The fourth-order valence-electron chi connectivity index (χ4n) is 2.59. The number of carbonyl (C=O) groups excluding carboxylic acids is 1. The molecule has 4 nitrogen and oxygen atoms in total. The Morgan fingerprint density at radius 1 is 1.58 bits per heavy atom. The van der Waals surface area contributed by atoms with Gasteiger partial charge in [0.15, 0.2) is 0 Å². The van der Waals surface area contributed by atoms with E-state index in [0.29, 0.717) is 25.2 Å². The van der Waals surface area contributed by atoms with E-state index in [-0.39, 0.29) is 23.8 Å². The van der Waals surface area contributed by atoms with Crippen molar-refractivity contribution in [2.45, 2.75) is 32.4 Å². The summed E-state index contributed by atoms with van der Waals surface area (Å²) in [5.41, 5.74) is 7.13. The molecular weight excluding hydrogens is 245 g/mol. The third-order valence-electron chi connectivity index (χ3n) is 3.51. The summed E-state index contributed by atoms with van der Waals surface area (Å²) in [6, 6.07) is 4.29. The molecule has 1 amide bonds. The van der Waals surface area contributed by atoms with Crippen molar-refractivity contribution in [3.8, 4) is 0 Å². The normalized spacial score (nSPS) is 21.2. The minimum atomic E-state index is -0.330. The lowest BCUT2D eigenvalue weighted by Crippen LogP contribution is -2.55. The van der Waals surface area contributed by atoms with Crippen LogP contribution in [0.3, 0.4) is 0 Å². The van der Waals surface area contributed by atoms with Crippen LogP contribution in [0, 0.1) is 5.82 Å². The first-order valence-electron chi connectivity index (χ1n) is 6.64. The van der Waals surface area contributed by atoms with E-state index in [1.165, 1.54) is 6.07 Å². The average molecular weight is 265 g/mol. The highest BCUT2D eigenvalue weighted by molar-refractivity contribution is 5.87. The Morgan fingerprint density at radius 3 is 2.95 bits per heavy atom. The smallest absolute Gasteiger partial charge is 0.242 e. The van der Waals surface area contributed by atoms with E-state index in [4.69, 9.17) is 5.73 Å². The molecule has 0 radical (unpaired) electrons. The van der Waals surface area contributed by atoms with E-state index in [1.54, 1.807) is 6.07 Å². The van der Waals surface area contributed by atoms with Crippen LogP contribution in [-0.2, 0) is 4.79 Å². The van der Waals surface area contributed by atoms with Gasteiger partial charge in [-0.05, 0) is 25.0 Å². The molecule has 1 aliphatic rings. The fourth-order valence-corrected chi connectivity index (χ4v) is 2.59. The van der Waals surface area contributed by atoms with Gasteiger partial charge in [-0.25, -0.2) is 4.39 Å². The van der Waals surface area contributed by atoms with Crippen LogP contribution in [0.4, 0.5) is 10.1 Å². The molecule has 2 atom stereocenters. The largest absolute Gasteiger partial charge is 0.355 e. The van der Waals surface area contributed by atoms with Gasteiger partial charge in [-0.3, -0.25) is 4.79 Å². The molecule has 1 aliphatic heterocycles. The number of carbonyl (C=O) groups is 1. The number of nitrogens with zero attached hydrogens (tertiary/aromatic N) is 1. The van der Waals surface area contributed by atoms with Crippen LogP contribution in [0.2, 0.25) is 0 Å². The Morgan fingerprint density at radius 2 is 2.32 bits per heavy atom. The average Bonchev–Trinajstić information content (AvgIpc) is 2.38. The summed E-state index contributed by atoms with van der Waals surface area (Å²) in [5, 5.41) is 2.82. The summed E-state index contributed by atoms with van der Waals surface area (Å²) in [6.07, 6.45) is 0.637. The van der Waals surface area contributed by atoms with Crippen LogP contribution in [-0.4, -0.2) is 25.0 Å². The van der Waals surface area contributed by atoms with Crippen LogP contribution in [0.5, 0.6) is 0 Å². The molecule has 1 fully saturated rings. The van der Waals surface area contributed by atoms with Crippen molar-refractivity contribution in [2.75, 3.05) is 18.0 Å². The Hall–Kier alpha value is -1.62. The maximum absolute atomic E-state index is 14.2. The van der Waals surface area contributed by atoms with Crippen molar-refractivity contribution in [3.05, 3.63) is 29.6 Å². The first-order valence-corrected chi connectivity index (χ1v) is 6.64. The highest BCUT2D eigenvalue weighted by Gasteiger charge is 2.31. The van der Waals surface area contributed by atoms with Gasteiger partial charge in [-0.15, -0.1) is 0 Å². The maximum atomic E-state index is 14.2. The SMILES string of the molecule is CCC1C(=O)NCCN1c1c(F)cccc1[C@H](C)N. The van der Waals surface area contributed by atoms with Gasteiger partial charge < -0.3 is 16.0 Å². The summed E-state index contributed by atoms with van der Waals surface area (Å²) in [5.74, 6) is -0.365. The lowest BCUT2D eigenvalue weighted by molar-refractivity contribution is -0.123. The minimum absolute atomic E-state index is 0.0485. The summed E-state index contributed by atoms with van der Waals surface area (Å²) in [6.45, 7) is 4.88. The number of hydrogen-bond acceptors (Lipinski definition) is 3. The predicted molar refractivity (Wildman–Crippen MR) is 73.4 cm³/mol. The Labute approximate surface area is 112 Å². The number of anilines is 1. The molecule has 19 heavy (non-hydrogen) atoms. The highest BCUT2D eigenvalue weighted by Crippen LogP contribution is 2.31. The van der Waals surface area contributed by atoms with Crippen molar-refractivity contribution in [3.63, 3.8) is 0 Å². The molecule has 0 aromatic heterocycles. The van der Waals surface area contributed by atoms with Gasteiger partial charge >= 0.3 is 0 Å². The zero-order valence-electron chi connectivity index (χ0n) is 11.3. The standard InChI is InChI=1S/C14H20FN3O/c1-3-12-14(19)17-7-8-18(12)13-10(9(2)16)5-4-6-11(13)15/h4-6,9,12H,3,7-8,16H2,1-2H3,(H,17,19)/t9-,12?/m0/s1. The van der Waals surface area contributed by atoms with E-state index >= 15 is 0 Å². The molecule has 3 N–H and O–H groups in total. The third kappa shape index (κ3) is 2.56. The molecule has 1 unspecified atom stereocenters. The number of nitrogens with one attached hydrogen (secondary N) is 1. The third-order valence-corrected chi connectivity index (χ3v) is 3.51. The van der Waals surface area contributed by atoms with Gasteiger partial charge in [-0.2, -0.15) is 0 Å². The number of amides is 1. The van der Waals surface area contributed by atoms with Crippen molar-refractivity contribution < 1.29 is 9.18 Å². The van der Waals surface area contributed by atoms with Gasteiger partial charge in [-0.1, -0.05) is 19.1 Å². The molecule has 0 bridgehead atoms. The first kappa shape index (κ1) is 13.8. The number of hydrogen-bond donors (Lipinski definition) is 2. The molecule has 2 rings (SSSR count). The molecule has 5 heteroatoms. The molecule has 0 aliphatic carbocycles. The molecule has 1 aromatic rings. The molecule has 1 aromatic carbocycles. The Balaban J connectivity index is 2.47. The molecule has 1 heterocycles. The Bertz CT molecular complexity index is 476. The maximum Gasteiger partial charge on any atom is 0.242 e. The van der Waals surface area contributed by atoms with E-state index in [9.17, 15) is 9.18 Å². The lowest BCUT2D eigenvalue weighted by Gasteiger charge is -2.38. The first-order chi connectivity index (χ1) is 9.06. The number of benzene rings is 1. The summed E-state index contributed by atoms with van der Waals surface area (Å²) < 4.78 is 14.2. The monoisotopic (exact) mass is 265 g/mol.